The molecule has 1 aromatic rings. The van der Waals surface area contributed by atoms with Crippen molar-refractivity contribution >= 4 is 0 Å². The summed E-state index contributed by atoms with van der Waals surface area (Å²) in [6.45, 7) is -1.21. The molecule has 10 heteroatoms. The van der Waals surface area contributed by atoms with Crippen LogP contribution in [0.25, 0.3) is 0 Å². The maximum Gasteiger partial charge on any atom is 0.323 e. The first kappa shape index (κ1) is 15.2. The van der Waals surface area contributed by atoms with Gasteiger partial charge >= 0.3 is 18.0 Å². The van der Waals surface area contributed by atoms with Crippen molar-refractivity contribution in [2.45, 2.75) is 5.54 Å². The summed E-state index contributed by atoms with van der Waals surface area (Å²) in [6, 6.07) is -2.12. The van der Waals surface area contributed by atoms with Crippen LogP contribution in [0, 0.1) is 0 Å². The lowest BCUT2D eigenvalue weighted by molar-refractivity contribution is 0.0697. The van der Waals surface area contributed by atoms with Gasteiger partial charge < -0.3 is 36.4 Å². The molecule has 1 rings (SSSR count). The van der Waals surface area contributed by atoms with E-state index >= 15 is 0 Å². The Morgan fingerprint density at radius 2 is 1.00 bits per heavy atom. The highest BCUT2D eigenvalue weighted by molar-refractivity contribution is 5.04. The van der Waals surface area contributed by atoms with Crippen LogP contribution >= 0.6 is 0 Å². The zero-order valence-corrected chi connectivity index (χ0v) is 8.72. The van der Waals surface area contributed by atoms with E-state index in [-0.39, 0.29) is 0 Å². The van der Waals surface area contributed by atoms with E-state index in [1.807, 2.05) is 0 Å². The number of nitrogens with two attached hydrogens (primary N) is 1. The van der Waals surface area contributed by atoms with Crippen LogP contribution in [0.2, 0.25) is 0 Å². The number of aromatic hydroxyl groups is 3. The average Bonchev–Trinajstić information content (AvgIpc) is 2.27. The summed E-state index contributed by atoms with van der Waals surface area (Å²) >= 11 is 0. The largest absolute Gasteiger partial charge is 0.479 e. The van der Waals surface area contributed by atoms with E-state index in [9.17, 15) is 0 Å². The summed E-state index contributed by atoms with van der Waals surface area (Å²) in [7, 11) is 0. The summed E-state index contributed by atoms with van der Waals surface area (Å²) in [5.74, 6) is 0. The standard InChI is InChI=1S/C4H11NO3.C3H3N3O3/c5-4(1-6,2-7)3-8;7-1-4-2(8)6-3(9)5-1/h6-8H,1-3,5H2;(H3,4,5,6,7,8,9). The third kappa shape index (κ3) is 5.77. The number of aliphatic hydroxyl groups excluding tert-OH is 3. The summed E-state index contributed by atoms with van der Waals surface area (Å²) < 4.78 is 0. The van der Waals surface area contributed by atoms with Gasteiger partial charge in [-0.15, -0.1) is 15.0 Å². The van der Waals surface area contributed by atoms with Crippen molar-refractivity contribution < 1.29 is 30.6 Å². The van der Waals surface area contributed by atoms with E-state index in [1.165, 1.54) is 0 Å². The van der Waals surface area contributed by atoms with Crippen LogP contribution in [0.15, 0.2) is 0 Å². The minimum atomic E-state index is -1.21. The predicted molar refractivity (Wildman–Crippen MR) is 53.0 cm³/mol. The molecular weight excluding hydrogens is 236 g/mol. The molecule has 0 amide bonds. The van der Waals surface area contributed by atoms with Gasteiger partial charge in [0.25, 0.3) is 0 Å². The highest BCUT2D eigenvalue weighted by atomic mass is 16.3. The van der Waals surface area contributed by atoms with E-state index < -0.39 is 43.4 Å². The van der Waals surface area contributed by atoms with Crippen LogP contribution in [0.1, 0.15) is 0 Å². The first-order valence-corrected chi connectivity index (χ1v) is 4.31. The Hall–Kier alpha value is -1.75. The molecule has 0 saturated carbocycles. The number of hydrogen-bond donors (Lipinski definition) is 7. The van der Waals surface area contributed by atoms with Crippen molar-refractivity contribution in [1.82, 2.24) is 15.0 Å². The molecule has 8 N–H and O–H groups in total. The molecule has 0 aliphatic carbocycles. The van der Waals surface area contributed by atoms with E-state index in [1.54, 1.807) is 0 Å². The first-order chi connectivity index (χ1) is 7.86. The lowest BCUT2D eigenvalue weighted by Gasteiger charge is -2.20. The lowest BCUT2D eigenvalue weighted by Crippen LogP contribution is -2.50. The van der Waals surface area contributed by atoms with Gasteiger partial charge in [0.1, 0.15) is 0 Å². The Kier molecular flexibility index (Phi) is 6.06. The second-order valence-electron chi connectivity index (χ2n) is 3.07. The molecule has 0 spiro atoms. The molecule has 10 nitrogen and oxygen atoms in total. The van der Waals surface area contributed by atoms with Gasteiger partial charge in [0, 0.05) is 0 Å². The molecule has 0 radical (unpaired) electrons. The zero-order chi connectivity index (χ0) is 13.5. The van der Waals surface area contributed by atoms with Crippen LogP contribution in [-0.2, 0) is 0 Å². The molecule has 0 aromatic carbocycles. The second kappa shape index (κ2) is 6.75. The molecule has 0 aliphatic heterocycles. The minimum Gasteiger partial charge on any atom is -0.479 e. The smallest absolute Gasteiger partial charge is 0.323 e. The molecule has 0 atom stereocenters. The SMILES string of the molecule is NC(CO)(CO)CO.Oc1nc(O)nc(O)n1. The highest BCUT2D eigenvalue weighted by Crippen LogP contribution is 2.08. The number of rotatable bonds is 3. The molecule has 0 unspecified atom stereocenters. The quantitative estimate of drug-likeness (QED) is 0.285. The van der Waals surface area contributed by atoms with E-state index in [0.29, 0.717) is 0 Å². The van der Waals surface area contributed by atoms with Gasteiger partial charge in [0.15, 0.2) is 0 Å². The zero-order valence-electron chi connectivity index (χ0n) is 8.72. The van der Waals surface area contributed by atoms with Crippen LogP contribution < -0.4 is 5.73 Å². The molecule has 0 saturated heterocycles. The maximum atomic E-state index is 8.41. The van der Waals surface area contributed by atoms with Crippen molar-refractivity contribution in [1.29, 1.82) is 0 Å². The lowest BCUT2D eigenvalue weighted by atomic mass is 10.1. The molecule has 1 aromatic heterocycles. The monoisotopic (exact) mass is 250 g/mol. The second-order valence-corrected chi connectivity index (χ2v) is 3.07. The van der Waals surface area contributed by atoms with Gasteiger partial charge in [-0.1, -0.05) is 0 Å². The van der Waals surface area contributed by atoms with Gasteiger partial charge in [-0.2, -0.15) is 0 Å². The fraction of sp³-hybridized carbons (Fsp3) is 0.571. The van der Waals surface area contributed by atoms with Crippen molar-refractivity contribution in [3.05, 3.63) is 0 Å². The molecule has 0 bridgehead atoms. The number of nitrogens with zero attached hydrogens (tertiary/aromatic N) is 3. The molecule has 0 fully saturated rings. The minimum absolute atomic E-state index is 0.403. The number of hydrogen-bond acceptors (Lipinski definition) is 10. The summed E-state index contributed by atoms with van der Waals surface area (Å²) in [4.78, 5) is 8.89. The molecular formula is C7H14N4O6. The number of aliphatic hydroxyl groups is 3. The average molecular weight is 250 g/mol. The molecule has 17 heavy (non-hydrogen) atoms. The van der Waals surface area contributed by atoms with E-state index in [2.05, 4.69) is 15.0 Å². The van der Waals surface area contributed by atoms with E-state index in [4.69, 9.17) is 36.4 Å². The molecule has 98 valence electrons. The third-order valence-electron chi connectivity index (χ3n) is 1.54. The number of aromatic nitrogens is 3. The summed E-state index contributed by atoms with van der Waals surface area (Å²) in [5, 5.41) is 50.3. The Bertz CT molecular complexity index is 286. The fourth-order valence-electron chi connectivity index (χ4n) is 0.493. The van der Waals surface area contributed by atoms with E-state index in [0.717, 1.165) is 0 Å². The van der Waals surface area contributed by atoms with Crippen molar-refractivity contribution in [3.8, 4) is 18.0 Å². The fourth-order valence-corrected chi connectivity index (χ4v) is 0.493. The topological polar surface area (TPSA) is 186 Å². The third-order valence-corrected chi connectivity index (χ3v) is 1.54. The van der Waals surface area contributed by atoms with Crippen LogP contribution in [0.3, 0.4) is 0 Å². The van der Waals surface area contributed by atoms with Crippen molar-refractivity contribution in [2.75, 3.05) is 19.8 Å². The van der Waals surface area contributed by atoms with Gasteiger partial charge in [0.2, 0.25) is 0 Å². The Labute approximate surface area is 95.7 Å². The Morgan fingerprint density at radius 1 is 0.765 bits per heavy atom. The van der Waals surface area contributed by atoms with Gasteiger partial charge in [-0.25, -0.2) is 0 Å². The van der Waals surface area contributed by atoms with Crippen molar-refractivity contribution in [3.63, 3.8) is 0 Å². The maximum absolute atomic E-state index is 8.41. The first-order valence-electron chi connectivity index (χ1n) is 4.31. The van der Waals surface area contributed by atoms with Crippen LogP contribution in [0.4, 0.5) is 0 Å². The Balaban J connectivity index is 0.000000304. The Morgan fingerprint density at radius 3 is 1.12 bits per heavy atom. The van der Waals surface area contributed by atoms with Crippen LogP contribution in [0.5, 0.6) is 18.0 Å². The van der Waals surface area contributed by atoms with Gasteiger partial charge in [-0.05, 0) is 0 Å². The highest BCUT2D eigenvalue weighted by Gasteiger charge is 2.20. The normalized spacial score (nSPS) is 10.6. The predicted octanol–water partition coefficient (Wildman–Crippen LogP) is -3.35. The summed E-state index contributed by atoms with van der Waals surface area (Å²) in [5.41, 5.74) is 3.94. The van der Waals surface area contributed by atoms with Gasteiger partial charge in [0.05, 0.1) is 25.4 Å². The van der Waals surface area contributed by atoms with Crippen molar-refractivity contribution in [2.24, 2.45) is 5.73 Å². The summed E-state index contributed by atoms with van der Waals surface area (Å²) in [6.07, 6.45) is 0. The van der Waals surface area contributed by atoms with Crippen LogP contribution in [-0.4, -0.2) is 71.0 Å². The molecule has 0 aliphatic rings. The molecule has 1 heterocycles. The van der Waals surface area contributed by atoms with Gasteiger partial charge in [-0.3, -0.25) is 0 Å².